The first kappa shape index (κ1) is 25.5. The number of halogens is 3. The number of amides is 2. The molecule has 0 spiro atoms. The van der Waals surface area contributed by atoms with Crippen molar-refractivity contribution in [1.82, 2.24) is 10.2 Å². The topological polar surface area (TPSA) is 58.6 Å². The number of hydrogen-bond donors (Lipinski definition) is 1. The molecule has 1 atom stereocenters. The largest absolute Gasteiger partial charge is 0.484 e. The Bertz CT molecular complexity index is 914. The molecule has 31 heavy (non-hydrogen) atoms. The molecule has 2 rings (SSSR count). The molecule has 0 bridgehead atoms. The lowest BCUT2D eigenvalue weighted by Crippen LogP contribution is -2.54. The third-order valence-corrected chi connectivity index (χ3v) is 5.53. The summed E-state index contributed by atoms with van der Waals surface area (Å²) >= 11 is 15.7. The predicted molar refractivity (Wildman–Crippen MR) is 129 cm³/mol. The standard InChI is InChI=1S/C23H27BrCl2N2O3/c1-5-20(22(30)27-23(2,3)4)28(13-15-6-9-17(25)12-19(15)26)21(29)14-31-18-10-7-16(24)8-11-18/h6-12,20H,5,13-14H2,1-4H3,(H,27,30)/t20-/m1/s1. The first-order valence-corrected chi connectivity index (χ1v) is 11.5. The maximum Gasteiger partial charge on any atom is 0.261 e. The summed E-state index contributed by atoms with van der Waals surface area (Å²) in [4.78, 5) is 27.7. The normalized spacial score (nSPS) is 12.2. The SMILES string of the molecule is CC[C@H](C(=O)NC(C)(C)C)N(Cc1ccc(Cl)cc1Cl)C(=O)COc1ccc(Br)cc1. The van der Waals surface area contributed by atoms with Crippen molar-refractivity contribution in [2.45, 2.75) is 52.2 Å². The van der Waals surface area contributed by atoms with E-state index in [9.17, 15) is 9.59 Å². The number of ether oxygens (including phenoxy) is 1. The fourth-order valence-corrected chi connectivity index (χ4v) is 3.70. The van der Waals surface area contributed by atoms with Crippen LogP contribution in [0.25, 0.3) is 0 Å². The zero-order chi connectivity index (χ0) is 23.2. The molecular weight excluding hydrogens is 503 g/mol. The highest BCUT2D eigenvalue weighted by molar-refractivity contribution is 9.10. The van der Waals surface area contributed by atoms with Gasteiger partial charge in [-0.3, -0.25) is 9.59 Å². The Balaban J connectivity index is 2.27. The van der Waals surface area contributed by atoms with Gasteiger partial charge in [0, 0.05) is 26.6 Å². The Hall–Kier alpha value is -1.76. The summed E-state index contributed by atoms with van der Waals surface area (Å²) in [7, 11) is 0. The molecule has 0 aliphatic heterocycles. The van der Waals surface area contributed by atoms with E-state index < -0.39 is 11.6 Å². The number of carbonyl (C=O) groups is 2. The predicted octanol–water partition coefficient (Wildman–Crippen LogP) is 5.86. The molecule has 0 radical (unpaired) electrons. The van der Waals surface area contributed by atoms with Crippen LogP contribution in [0.5, 0.6) is 5.75 Å². The van der Waals surface area contributed by atoms with Gasteiger partial charge in [0.25, 0.3) is 5.91 Å². The Morgan fingerprint density at radius 2 is 1.77 bits per heavy atom. The van der Waals surface area contributed by atoms with Crippen molar-refractivity contribution in [2.75, 3.05) is 6.61 Å². The van der Waals surface area contributed by atoms with E-state index in [-0.39, 0.29) is 25.0 Å². The van der Waals surface area contributed by atoms with Crippen molar-refractivity contribution in [3.63, 3.8) is 0 Å². The molecule has 2 amide bonds. The summed E-state index contributed by atoms with van der Waals surface area (Å²) in [5.74, 6) is 0.0233. The lowest BCUT2D eigenvalue weighted by Gasteiger charge is -2.33. The van der Waals surface area contributed by atoms with Crippen LogP contribution in [0.15, 0.2) is 46.9 Å². The third-order valence-electron chi connectivity index (χ3n) is 4.42. The fraction of sp³-hybridized carbons (Fsp3) is 0.391. The van der Waals surface area contributed by atoms with Crippen LogP contribution in [0.1, 0.15) is 39.7 Å². The van der Waals surface area contributed by atoms with Gasteiger partial charge >= 0.3 is 0 Å². The molecule has 1 N–H and O–H groups in total. The molecule has 0 heterocycles. The number of rotatable bonds is 8. The number of carbonyl (C=O) groups excluding carboxylic acids is 2. The van der Waals surface area contributed by atoms with Crippen molar-refractivity contribution < 1.29 is 14.3 Å². The highest BCUT2D eigenvalue weighted by Gasteiger charge is 2.31. The molecule has 0 fully saturated rings. The smallest absolute Gasteiger partial charge is 0.261 e. The highest BCUT2D eigenvalue weighted by Crippen LogP contribution is 2.24. The van der Waals surface area contributed by atoms with Gasteiger partial charge in [0.2, 0.25) is 5.91 Å². The minimum absolute atomic E-state index is 0.161. The lowest BCUT2D eigenvalue weighted by molar-refractivity contribution is -0.143. The number of nitrogens with one attached hydrogen (secondary N) is 1. The number of nitrogens with zero attached hydrogens (tertiary/aromatic N) is 1. The van der Waals surface area contributed by atoms with Crippen LogP contribution in [-0.2, 0) is 16.1 Å². The van der Waals surface area contributed by atoms with Gasteiger partial charge in [-0.05, 0) is 69.2 Å². The van der Waals surface area contributed by atoms with Gasteiger partial charge in [-0.1, -0.05) is 52.1 Å². The molecule has 0 aliphatic carbocycles. The van der Waals surface area contributed by atoms with Crippen LogP contribution in [0.3, 0.4) is 0 Å². The first-order valence-electron chi connectivity index (χ1n) is 9.94. The second kappa shape index (κ2) is 11.2. The molecule has 168 valence electrons. The Labute approximate surface area is 202 Å². The van der Waals surface area contributed by atoms with E-state index in [1.165, 1.54) is 4.90 Å². The summed E-state index contributed by atoms with van der Waals surface area (Å²) in [6.07, 6.45) is 0.442. The molecule has 2 aromatic carbocycles. The van der Waals surface area contributed by atoms with Gasteiger partial charge in [-0.25, -0.2) is 0 Å². The van der Waals surface area contributed by atoms with Crippen LogP contribution < -0.4 is 10.1 Å². The van der Waals surface area contributed by atoms with Crippen LogP contribution in [-0.4, -0.2) is 34.9 Å². The van der Waals surface area contributed by atoms with Crippen LogP contribution >= 0.6 is 39.1 Å². The second-order valence-electron chi connectivity index (χ2n) is 8.16. The van der Waals surface area contributed by atoms with E-state index in [4.69, 9.17) is 27.9 Å². The minimum Gasteiger partial charge on any atom is -0.484 e. The zero-order valence-electron chi connectivity index (χ0n) is 18.0. The van der Waals surface area contributed by atoms with Crippen molar-refractivity contribution in [3.05, 3.63) is 62.5 Å². The van der Waals surface area contributed by atoms with Gasteiger partial charge < -0.3 is 15.0 Å². The van der Waals surface area contributed by atoms with Gasteiger partial charge in [0.05, 0.1) is 0 Å². The van der Waals surface area contributed by atoms with E-state index in [0.29, 0.717) is 27.8 Å². The van der Waals surface area contributed by atoms with E-state index in [1.54, 1.807) is 30.3 Å². The van der Waals surface area contributed by atoms with Crippen LogP contribution in [0, 0.1) is 0 Å². The maximum atomic E-state index is 13.2. The highest BCUT2D eigenvalue weighted by atomic mass is 79.9. The average Bonchev–Trinajstić information content (AvgIpc) is 2.67. The van der Waals surface area contributed by atoms with Crippen LogP contribution in [0.2, 0.25) is 10.0 Å². The third kappa shape index (κ3) is 8.02. The molecule has 0 saturated heterocycles. The average molecular weight is 530 g/mol. The van der Waals surface area contributed by atoms with E-state index in [2.05, 4.69) is 21.2 Å². The van der Waals surface area contributed by atoms with Gasteiger partial charge in [-0.2, -0.15) is 0 Å². The van der Waals surface area contributed by atoms with Gasteiger partial charge in [0.15, 0.2) is 6.61 Å². The zero-order valence-corrected chi connectivity index (χ0v) is 21.1. The molecule has 0 unspecified atom stereocenters. The Morgan fingerprint density at radius 1 is 1.13 bits per heavy atom. The van der Waals surface area contributed by atoms with E-state index in [0.717, 1.165) is 4.47 Å². The van der Waals surface area contributed by atoms with Gasteiger partial charge in [0.1, 0.15) is 11.8 Å². The quantitative estimate of drug-likeness (QED) is 0.466. The monoisotopic (exact) mass is 528 g/mol. The number of hydrogen-bond acceptors (Lipinski definition) is 3. The summed E-state index contributed by atoms with van der Waals surface area (Å²) in [6.45, 7) is 7.52. The molecule has 0 saturated carbocycles. The first-order chi connectivity index (χ1) is 14.5. The Morgan fingerprint density at radius 3 is 2.32 bits per heavy atom. The van der Waals surface area contributed by atoms with Gasteiger partial charge in [-0.15, -0.1) is 0 Å². The van der Waals surface area contributed by atoms with Crippen molar-refractivity contribution in [2.24, 2.45) is 0 Å². The molecule has 0 aromatic heterocycles. The summed E-state index contributed by atoms with van der Waals surface area (Å²) in [6, 6.07) is 11.6. The van der Waals surface area contributed by atoms with Crippen molar-refractivity contribution >= 4 is 50.9 Å². The molecule has 5 nitrogen and oxygen atoms in total. The lowest BCUT2D eigenvalue weighted by atomic mass is 10.1. The molecular formula is C23H27BrCl2N2O3. The van der Waals surface area contributed by atoms with E-state index >= 15 is 0 Å². The molecule has 8 heteroatoms. The maximum absolute atomic E-state index is 13.2. The Kier molecular flexibility index (Phi) is 9.22. The summed E-state index contributed by atoms with van der Waals surface area (Å²) in [5, 5.41) is 3.90. The second-order valence-corrected chi connectivity index (χ2v) is 9.92. The van der Waals surface area contributed by atoms with Crippen LogP contribution in [0.4, 0.5) is 0 Å². The van der Waals surface area contributed by atoms with Crippen molar-refractivity contribution in [3.8, 4) is 5.75 Å². The molecule has 2 aromatic rings. The van der Waals surface area contributed by atoms with E-state index in [1.807, 2.05) is 39.8 Å². The summed E-state index contributed by atoms with van der Waals surface area (Å²) in [5.41, 5.74) is 0.274. The number of benzene rings is 2. The van der Waals surface area contributed by atoms with Crippen molar-refractivity contribution in [1.29, 1.82) is 0 Å². The minimum atomic E-state index is -0.674. The summed E-state index contributed by atoms with van der Waals surface area (Å²) < 4.78 is 6.58. The molecule has 0 aliphatic rings. The fourth-order valence-electron chi connectivity index (χ4n) is 2.96.